The average Bonchev–Trinajstić information content (AvgIpc) is 2.53. The summed E-state index contributed by atoms with van der Waals surface area (Å²) >= 11 is 3.15. The van der Waals surface area contributed by atoms with Crippen molar-refractivity contribution in [3.05, 3.63) is 52.8 Å². The smallest absolute Gasteiger partial charge is 0.265 e. The van der Waals surface area contributed by atoms with Crippen LogP contribution < -0.4 is 15.0 Å². The van der Waals surface area contributed by atoms with E-state index in [0.29, 0.717) is 15.9 Å². The molecule has 2 aromatic carbocycles. The number of ether oxygens (including phenoxy) is 1. The molecule has 1 aliphatic heterocycles. The lowest BCUT2D eigenvalue weighted by atomic mass is 10.2. The third-order valence-electron chi connectivity index (χ3n) is 3.32. The molecule has 0 spiro atoms. The minimum absolute atomic E-state index is 0.0622. The average molecular weight is 379 g/mol. The van der Waals surface area contributed by atoms with Gasteiger partial charge in [0.15, 0.2) is 6.61 Å². The van der Waals surface area contributed by atoms with Gasteiger partial charge in [-0.15, -0.1) is 0 Å². The van der Waals surface area contributed by atoms with E-state index < -0.39 is 11.7 Å². The number of hydrogen-bond donors (Lipinski definition) is 1. The Morgan fingerprint density at radius 1 is 1.30 bits per heavy atom. The molecule has 0 aromatic heterocycles. The molecule has 0 aliphatic carbocycles. The topological polar surface area (TPSA) is 58.6 Å². The summed E-state index contributed by atoms with van der Waals surface area (Å²) in [5.41, 5.74) is 0.586. The molecule has 0 radical (unpaired) electrons. The third-order valence-corrected chi connectivity index (χ3v) is 3.81. The lowest BCUT2D eigenvalue weighted by Gasteiger charge is -2.28. The lowest BCUT2D eigenvalue weighted by Crippen LogP contribution is -2.43. The fourth-order valence-corrected chi connectivity index (χ4v) is 2.58. The number of carbonyl (C=O) groups excluding carboxylic acids is 2. The second-order valence-electron chi connectivity index (χ2n) is 4.91. The lowest BCUT2D eigenvalue weighted by molar-refractivity contribution is -0.123. The number of halogens is 2. The summed E-state index contributed by atoms with van der Waals surface area (Å²) in [6, 6.07) is 11.3. The van der Waals surface area contributed by atoms with E-state index in [1.165, 1.54) is 17.0 Å². The van der Waals surface area contributed by atoms with E-state index in [0.717, 1.165) is 0 Å². The van der Waals surface area contributed by atoms with Crippen LogP contribution in [0.3, 0.4) is 0 Å². The van der Waals surface area contributed by atoms with Crippen LogP contribution in [-0.2, 0) is 9.59 Å². The molecule has 5 nitrogen and oxygen atoms in total. The van der Waals surface area contributed by atoms with Crippen LogP contribution in [-0.4, -0.2) is 25.0 Å². The van der Waals surface area contributed by atoms with Crippen molar-refractivity contribution in [2.24, 2.45) is 0 Å². The molecule has 2 aromatic rings. The molecule has 1 heterocycles. The zero-order chi connectivity index (χ0) is 16.4. The predicted molar refractivity (Wildman–Crippen MR) is 87.0 cm³/mol. The second kappa shape index (κ2) is 6.37. The predicted octanol–water partition coefficient (Wildman–Crippen LogP) is 2.95. The molecule has 3 rings (SSSR count). The van der Waals surface area contributed by atoms with Crippen molar-refractivity contribution in [3.63, 3.8) is 0 Å². The highest BCUT2D eigenvalue weighted by Crippen LogP contribution is 2.31. The van der Waals surface area contributed by atoms with Crippen LogP contribution in [0.1, 0.15) is 0 Å². The van der Waals surface area contributed by atoms with Crippen molar-refractivity contribution < 1.29 is 18.7 Å². The maximum absolute atomic E-state index is 13.8. The highest BCUT2D eigenvalue weighted by molar-refractivity contribution is 9.10. The minimum atomic E-state index is -0.554. The zero-order valence-electron chi connectivity index (χ0n) is 11.9. The molecule has 1 N–H and O–H groups in total. The molecule has 23 heavy (non-hydrogen) atoms. The quantitative estimate of drug-likeness (QED) is 0.892. The van der Waals surface area contributed by atoms with Gasteiger partial charge in [0.1, 0.15) is 18.1 Å². The van der Waals surface area contributed by atoms with Gasteiger partial charge in [-0.3, -0.25) is 14.5 Å². The molecule has 0 fully saturated rings. The number of anilines is 2. The van der Waals surface area contributed by atoms with Gasteiger partial charge in [-0.1, -0.05) is 28.1 Å². The molecular weight excluding hydrogens is 367 g/mol. The number of nitrogens with zero attached hydrogens (tertiary/aromatic N) is 1. The van der Waals surface area contributed by atoms with Gasteiger partial charge in [0.2, 0.25) is 5.91 Å². The summed E-state index contributed by atoms with van der Waals surface area (Å²) in [4.78, 5) is 25.5. The summed E-state index contributed by atoms with van der Waals surface area (Å²) in [7, 11) is 0. The van der Waals surface area contributed by atoms with Crippen molar-refractivity contribution in [2.75, 3.05) is 23.4 Å². The van der Waals surface area contributed by atoms with Gasteiger partial charge in [-0.2, -0.15) is 0 Å². The molecule has 0 bridgehead atoms. The van der Waals surface area contributed by atoms with Gasteiger partial charge in [0, 0.05) is 4.47 Å². The Kier molecular flexibility index (Phi) is 4.29. The number of benzene rings is 2. The summed E-state index contributed by atoms with van der Waals surface area (Å²) in [5.74, 6) is -0.831. The van der Waals surface area contributed by atoms with Crippen LogP contribution in [0, 0.1) is 5.82 Å². The summed E-state index contributed by atoms with van der Waals surface area (Å²) in [5, 5.41) is 2.47. The third kappa shape index (κ3) is 3.34. The fourth-order valence-electron chi connectivity index (χ4n) is 2.25. The number of para-hydroxylation sites is 2. The Balaban J connectivity index is 1.76. The molecule has 0 saturated heterocycles. The second-order valence-corrected chi connectivity index (χ2v) is 5.82. The largest absolute Gasteiger partial charge is 0.482 e. The van der Waals surface area contributed by atoms with E-state index in [2.05, 4.69) is 21.2 Å². The van der Waals surface area contributed by atoms with E-state index in [-0.39, 0.29) is 24.7 Å². The highest BCUT2D eigenvalue weighted by Gasteiger charge is 2.27. The molecule has 7 heteroatoms. The van der Waals surface area contributed by atoms with Gasteiger partial charge >= 0.3 is 0 Å². The SMILES string of the molecule is O=C(CN1C(=O)COc2ccccc21)Nc1ccc(Br)cc1F. The molecule has 2 amide bonds. The summed E-state index contributed by atoms with van der Waals surface area (Å²) in [6.07, 6.45) is 0. The van der Waals surface area contributed by atoms with Gasteiger partial charge < -0.3 is 10.1 Å². The normalized spacial score (nSPS) is 13.3. The van der Waals surface area contributed by atoms with E-state index in [1.807, 2.05) is 0 Å². The van der Waals surface area contributed by atoms with Crippen LogP contribution in [0.25, 0.3) is 0 Å². The Morgan fingerprint density at radius 2 is 2.09 bits per heavy atom. The standard InChI is InChI=1S/C16H12BrFN2O3/c17-10-5-6-12(11(18)7-10)19-15(21)8-20-13-3-1-2-4-14(13)23-9-16(20)22/h1-7H,8-9H2,(H,19,21). The van der Waals surface area contributed by atoms with Crippen LogP contribution in [0.2, 0.25) is 0 Å². The monoisotopic (exact) mass is 378 g/mol. The first kappa shape index (κ1) is 15.5. The van der Waals surface area contributed by atoms with Gasteiger partial charge in [0.25, 0.3) is 5.91 Å². The fraction of sp³-hybridized carbons (Fsp3) is 0.125. The Hall–Kier alpha value is -2.41. The maximum atomic E-state index is 13.8. The molecule has 118 valence electrons. The van der Waals surface area contributed by atoms with Crippen molar-refractivity contribution in [3.8, 4) is 5.75 Å². The highest BCUT2D eigenvalue weighted by atomic mass is 79.9. The maximum Gasteiger partial charge on any atom is 0.265 e. The van der Waals surface area contributed by atoms with Crippen molar-refractivity contribution >= 4 is 39.1 Å². The summed E-state index contributed by atoms with van der Waals surface area (Å²) < 4.78 is 19.6. The van der Waals surface area contributed by atoms with E-state index >= 15 is 0 Å². The minimum Gasteiger partial charge on any atom is -0.482 e. The number of amides is 2. The first-order chi connectivity index (χ1) is 11.0. The van der Waals surface area contributed by atoms with E-state index in [1.54, 1.807) is 30.3 Å². The first-order valence-electron chi connectivity index (χ1n) is 6.81. The molecule has 1 aliphatic rings. The molecule has 0 unspecified atom stereocenters. The summed E-state index contributed by atoms with van der Waals surface area (Å²) in [6.45, 7) is -0.342. The van der Waals surface area contributed by atoms with E-state index in [9.17, 15) is 14.0 Å². The number of rotatable bonds is 3. The van der Waals surface area contributed by atoms with Crippen molar-refractivity contribution in [2.45, 2.75) is 0 Å². The molecule has 0 atom stereocenters. The van der Waals surface area contributed by atoms with Crippen LogP contribution in [0.5, 0.6) is 5.75 Å². The van der Waals surface area contributed by atoms with Gasteiger partial charge in [-0.25, -0.2) is 4.39 Å². The number of hydrogen-bond acceptors (Lipinski definition) is 3. The first-order valence-corrected chi connectivity index (χ1v) is 7.61. The Morgan fingerprint density at radius 3 is 2.87 bits per heavy atom. The van der Waals surface area contributed by atoms with E-state index in [4.69, 9.17) is 4.74 Å². The number of carbonyl (C=O) groups is 2. The Bertz CT molecular complexity index is 782. The van der Waals surface area contributed by atoms with Crippen LogP contribution in [0.15, 0.2) is 46.9 Å². The van der Waals surface area contributed by atoms with Crippen LogP contribution in [0.4, 0.5) is 15.8 Å². The van der Waals surface area contributed by atoms with Crippen LogP contribution >= 0.6 is 15.9 Å². The Labute approximate surface area is 140 Å². The van der Waals surface area contributed by atoms with Crippen molar-refractivity contribution in [1.29, 1.82) is 0 Å². The number of fused-ring (bicyclic) bond motifs is 1. The molecular formula is C16H12BrFN2O3. The number of nitrogens with one attached hydrogen (secondary N) is 1. The van der Waals surface area contributed by atoms with Gasteiger partial charge in [0.05, 0.1) is 11.4 Å². The zero-order valence-corrected chi connectivity index (χ0v) is 13.5. The van der Waals surface area contributed by atoms with Gasteiger partial charge in [-0.05, 0) is 30.3 Å². The molecule has 0 saturated carbocycles. The van der Waals surface area contributed by atoms with Crippen molar-refractivity contribution in [1.82, 2.24) is 0 Å².